The Hall–Kier alpha value is -0.420. The molecular formula is C10H18Cl2N4. The molecule has 1 aromatic rings. The van der Waals surface area contributed by atoms with Gasteiger partial charge in [0.1, 0.15) is 5.82 Å². The van der Waals surface area contributed by atoms with E-state index >= 15 is 0 Å². The molecule has 1 atom stereocenters. The highest BCUT2D eigenvalue weighted by Gasteiger charge is 2.19. The molecule has 0 radical (unpaired) electrons. The average molecular weight is 265 g/mol. The number of nitrogens with zero attached hydrogens (tertiary/aromatic N) is 3. The van der Waals surface area contributed by atoms with Crippen LogP contribution in [0.2, 0.25) is 0 Å². The predicted molar refractivity (Wildman–Crippen MR) is 69.3 cm³/mol. The molecule has 1 unspecified atom stereocenters. The van der Waals surface area contributed by atoms with Crippen LogP contribution in [0.4, 0.5) is 0 Å². The second kappa shape index (κ2) is 7.79. The van der Waals surface area contributed by atoms with Gasteiger partial charge in [0.05, 0.1) is 6.54 Å². The van der Waals surface area contributed by atoms with Gasteiger partial charge in [0.15, 0.2) is 0 Å². The highest BCUT2D eigenvalue weighted by molar-refractivity contribution is 5.85. The molecular weight excluding hydrogens is 247 g/mol. The third-order valence-electron chi connectivity index (χ3n) is 2.67. The zero-order valence-electron chi connectivity index (χ0n) is 9.30. The molecule has 92 valence electrons. The lowest BCUT2D eigenvalue weighted by atomic mass is 10.2. The summed E-state index contributed by atoms with van der Waals surface area (Å²) in [5.74, 6) is 0.905. The van der Waals surface area contributed by atoms with E-state index in [4.69, 9.17) is 0 Å². The van der Waals surface area contributed by atoms with E-state index in [0.29, 0.717) is 6.04 Å². The van der Waals surface area contributed by atoms with Gasteiger partial charge in [-0.3, -0.25) is 4.90 Å². The standard InChI is InChI=1S/C10H16N4.2ClH/c1-14(9-3-6-11-7-9)8-10-12-4-2-5-13-10;;/h2,4-5,9,11H,3,6-8H2,1H3;2*1H. The van der Waals surface area contributed by atoms with E-state index in [2.05, 4.69) is 27.2 Å². The Bertz CT molecular complexity index is 277. The van der Waals surface area contributed by atoms with Crippen molar-refractivity contribution in [2.75, 3.05) is 20.1 Å². The largest absolute Gasteiger partial charge is 0.315 e. The molecule has 4 nitrogen and oxygen atoms in total. The SMILES string of the molecule is CN(Cc1ncccn1)C1CCNC1.Cl.Cl. The number of halogens is 2. The van der Waals surface area contributed by atoms with Crippen molar-refractivity contribution in [1.29, 1.82) is 0 Å². The third kappa shape index (κ3) is 4.22. The lowest BCUT2D eigenvalue weighted by molar-refractivity contribution is 0.243. The van der Waals surface area contributed by atoms with Crippen molar-refractivity contribution in [3.63, 3.8) is 0 Å². The van der Waals surface area contributed by atoms with Gasteiger partial charge in [-0.1, -0.05) is 0 Å². The van der Waals surface area contributed by atoms with Crippen LogP contribution >= 0.6 is 24.8 Å². The van der Waals surface area contributed by atoms with Crippen molar-refractivity contribution in [3.8, 4) is 0 Å². The van der Waals surface area contributed by atoms with E-state index in [1.165, 1.54) is 6.42 Å². The molecule has 16 heavy (non-hydrogen) atoms. The van der Waals surface area contributed by atoms with Gasteiger partial charge >= 0.3 is 0 Å². The number of hydrogen-bond acceptors (Lipinski definition) is 4. The highest BCUT2D eigenvalue weighted by Crippen LogP contribution is 2.08. The number of likely N-dealkylation sites (N-methyl/N-ethyl adjacent to an activating group) is 1. The normalized spacial score (nSPS) is 19.0. The first kappa shape index (κ1) is 15.6. The summed E-state index contributed by atoms with van der Waals surface area (Å²) in [5.41, 5.74) is 0. The molecule has 0 saturated carbocycles. The van der Waals surface area contributed by atoms with Gasteiger partial charge in [0.25, 0.3) is 0 Å². The maximum Gasteiger partial charge on any atom is 0.142 e. The van der Waals surface area contributed by atoms with Crippen LogP contribution in [0.3, 0.4) is 0 Å². The monoisotopic (exact) mass is 264 g/mol. The lowest BCUT2D eigenvalue weighted by Crippen LogP contribution is -2.33. The fraction of sp³-hybridized carbons (Fsp3) is 0.600. The maximum absolute atomic E-state index is 4.22. The molecule has 1 fully saturated rings. The van der Waals surface area contributed by atoms with Crippen molar-refractivity contribution in [2.45, 2.75) is 19.0 Å². The third-order valence-corrected chi connectivity index (χ3v) is 2.67. The first-order valence-corrected chi connectivity index (χ1v) is 5.03. The summed E-state index contributed by atoms with van der Waals surface area (Å²) >= 11 is 0. The molecule has 1 aliphatic heterocycles. The molecule has 0 bridgehead atoms. The van der Waals surface area contributed by atoms with Crippen molar-refractivity contribution in [3.05, 3.63) is 24.3 Å². The maximum atomic E-state index is 4.22. The van der Waals surface area contributed by atoms with Crippen LogP contribution in [0.25, 0.3) is 0 Å². The molecule has 2 heterocycles. The van der Waals surface area contributed by atoms with E-state index in [-0.39, 0.29) is 24.8 Å². The molecule has 2 rings (SSSR count). The van der Waals surface area contributed by atoms with Gasteiger partial charge in [-0.15, -0.1) is 24.8 Å². The Kier molecular flexibility index (Phi) is 7.58. The second-order valence-electron chi connectivity index (χ2n) is 3.73. The van der Waals surface area contributed by atoms with Crippen molar-refractivity contribution in [1.82, 2.24) is 20.2 Å². The summed E-state index contributed by atoms with van der Waals surface area (Å²) in [6.45, 7) is 3.06. The van der Waals surface area contributed by atoms with E-state index in [0.717, 1.165) is 25.5 Å². The fourth-order valence-corrected chi connectivity index (χ4v) is 1.78. The molecule has 1 N–H and O–H groups in total. The van der Waals surface area contributed by atoms with Gasteiger partial charge in [0.2, 0.25) is 0 Å². The van der Waals surface area contributed by atoms with Crippen LogP contribution in [-0.2, 0) is 6.54 Å². The van der Waals surface area contributed by atoms with Gasteiger partial charge in [-0.2, -0.15) is 0 Å². The zero-order chi connectivity index (χ0) is 9.80. The summed E-state index contributed by atoms with van der Waals surface area (Å²) in [5, 5.41) is 3.36. The lowest BCUT2D eigenvalue weighted by Gasteiger charge is -2.22. The minimum atomic E-state index is 0. The van der Waals surface area contributed by atoms with E-state index in [9.17, 15) is 0 Å². The van der Waals surface area contributed by atoms with Crippen molar-refractivity contribution < 1.29 is 0 Å². The zero-order valence-corrected chi connectivity index (χ0v) is 10.9. The Balaban J connectivity index is 0.00000112. The molecule has 0 spiro atoms. The van der Waals surface area contributed by atoms with Crippen LogP contribution in [0, 0.1) is 0 Å². The molecule has 0 amide bonds. The van der Waals surface area contributed by atoms with Crippen LogP contribution in [0.5, 0.6) is 0 Å². The van der Waals surface area contributed by atoms with E-state index < -0.39 is 0 Å². The summed E-state index contributed by atoms with van der Waals surface area (Å²) in [4.78, 5) is 10.7. The predicted octanol–water partition coefficient (Wildman–Crippen LogP) is 1.11. The first-order valence-electron chi connectivity index (χ1n) is 5.03. The summed E-state index contributed by atoms with van der Waals surface area (Å²) in [6, 6.07) is 2.49. The first-order chi connectivity index (χ1) is 6.86. The van der Waals surface area contributed by atoms with Crippen molar-refractivity contribution >= 4 is 24.8 Å². The van der Waals surface area contributed by atoms with Gasteiger partial charge in [0, 0.05) is 25.0 Å². The number of hydrogen-bond donors (Lipinski definition) is 1. The minimum Gasteiger partial charge on any atom is -0.315 e. The number of rotatable bonds is 3. The fourth-order valence-electron chi connectivity index (χ4n) is 1.78. The van der Waals surface area contributed by atoms with Crippen LogP contribution in [-0.4, -0.2) is 41.0 Å². The van der Waals surface area contributed by atoms with E-state index in [1.54, 1.807) is 12.4 Å². The quantitative estimate of drug-likeness (QED) is 0.889. The molecule has 0 aromatic carbocycles. The Labute approximate surface area is 109 Å². The Morgan fingerprint density at radius 3 is 2.62 bits per heavy atom. The van der Waals surface area contributed by atoms with Crippen LogP contribution in [0.1, 0.15) is 12.2 Å². The van der Waals surface area contributed by atoms with Crippen molar-refractivity contribution in [2.24, 2.45) is 0 Å². The number of aromatic nitrogens is 2. The van der Waals surface area contributed by atoms with Gasteiger partial charge in [-0.25, -0.2) is 9.97 Å². The Morgan fingerprint density at radius 2 is 2.06 bits per heavy atom. The summed E-state index contributed by atoms with van der Waals surface area (Å²) in [7, 11) is 2.13. The topological polar surface area (TPSA) is 41.1 Å². The molecule has 0 aliphatic carbocycles. The van der Waals surface area contributed by atoms with Crippen LogP contribution < -0.4 is 5.32 Å². The second-order valence-corrected chi connectivity index (χ2v) is 3.73. The highest BCUT2D eigenvalue weighted by atomic mass is 35.5. The number of nitrogens with one attached hydrogen (secondary N) is 1. The van der Waals surface area contributed by atoms with Crippen LogP contribution in [0.15, 0.2) is 18.5 Å². The molecule has 6 heteroatoms. The summed E-state index contributed by atoms with van der Waals surface area (Å²) < 4.78 is 0. The Morgan fingerprint density at radius 1 is 1.38 bits per heavy atom. The summed E-state index contributed by atoms with van der Waals surface area (Å²) in [6.07, 6.45) is 4.81. The van der Waals surface area contributed by atoms with E-state index in [1.807, 2.05) is 6.07 Å². The smallest absolute Gasteiger partial charge is 0.142 e. The minimum absolute atomic E-state index is 0. The van der Waals surface area contributed by atoms with Gasteiger partial charge in [-0.05, 0) is 26.1 Å². The molecule has 1 aliphatic rings. The average Bonchev–Trinajstić information content (AvgIpc) is 2.72. The molecule has 1 saturated heterocycles. The molecule has 1 aromatic heterocycles. The van der Waals surface area contributed by atoms with Gasteiger partial charge < -0.3 is 5.32 Å².